The Kier molecular flexibility index (Phi) is 7.58. The first-order valence-electron chi connectivity index (χ1n) is 11.1. The van der Waals surface area contributed by atoms with Crippen molar-refractivity contribution in [2.24, 2.45) is 5.92 Å². The number of carboxylic acids is 1. The number of benzene rings is 2. The first kappa shape index (κ1) is 28.3. The molecule has 2 aromatic carbocycles. The summed E-state index contributed by atoms with van der Waals surface area (Å²) in [5.41, 5.74) is -1.01. The van der Waals surface area contributed by atoms with E-state index >= 15 is 4.39 Å². The lowest BCUT2D eigenvalue weighted by Crippen LogP contribution is -2.24. The molecule has 39 heavy (non-hydrogen) atoms. The van der Waals surface area contributed by atoms with Gasteiger partial charge in [-0.05, 0) is 37.0 Å². The van der Waals surface area contributed by atoms with Gasteiger partial charge in [0, 0.05) is 17.0 Å². The van der Waals surface area contributed by atoms with E-state index in [1.165, 1.54) is 18.2 Å². The number of aromatic carboxylic acids is 1. The highest BCUT2D eigenvalue weighted by atomic mass is 32.2. The molecular weight excluding hydrogens is 571 g/mol. The maximum absolute atomic E-state index is 15.1. The Morgan fingerprint density at radius 2 is 1.90 bits per heavy atom. The number of phenols is 1. The standard InChI is InChI=1S/C24H19F5N2O6S2/c1-37-18-8-15(23(33)34)16(25)9-17(18)31-39(35,36)19-10-38-22(30-19)14-7-6-13(21(32)20(14)26)11-2-4-12(5-3-11)24(27,28)29/h2,6-10,12,31-32H,3-5H2,1H3,(H,33,34). The number of allylic oxidation sites excluding steroid dienone is 2. The molecular formula is C24H19F5N2O6S2. The van der Waals surface area contributed by atoms with Crippen LogP contribution >= 0.6 is 11.3 Å². The number of anilines is 1. The van der Waals surface area contributed by atoms with Crippen LogP contribution < -0.4 is 9.46 Å². The molecule has 1 aliphatic carbocycles. The molecule has 4 rings (SSSR count). The summed E-state index contributed by atoms with van der Waals surface area (Å²) in [6.45, 7) is 0. The fourth-order valence-corrected chi connectivity index (χ4v) is 6.21. The highest BCUT2D eigenvalue weighted by Crippen LogP contribution is 2.43. The second kappa shape index (κ2) is 10.4. The van der Waals surface area contributed by atoms with Gasteiger partial charge in [-0.1, -0.05) is 12.1 Å². The predicted molar refractivity (Wildman–Crippen MR) is 131 cm³/mol. The average Bonchev–Trinajstić information content (AvgIpc) is 3.36. The van der Waals surface area contributed by atoms with E-state index in [2.05, 4.69) is 4.98 Å². The second-order valence-electron chi connectivity index (χ2n) is 8.50. The third-order valence-electron chi connectivity index (χ3n) is 6.09. The first-order chi connectivity index (χ1) is 18.2. The van der Waals surface area contributed by atoms with Crippen LogP contribution in [0.1, 0.15) is 35.2 Å². The minimum Gasteiger partial charge on any atom is -0.504 e. The number of methoxy groups -OCH3 is 1. The molecule has 0 amide bonds. The van der Waals surface area contributed by atoms with E-state index in [-0.39, 0.29) is 41.1 Å². The minimum absolute atomic E-state index is 0.0145. The Bertz CT molecular complexity index is 1580. The number of nitrogens with zero attached hydrogens (tertiary/aromatic N) is 1. The number of alkyl halides is 3. The maximum atomic E-state index is 15.1. The van der Waals surface area contributed by atoms with E-state index in [4.69, 9.17) is 9.84 Å². The summed E-state index contributed by atoms with van der Waals surface area (Å²) in [7, 11) is -3.36. The average molecular weight is 591 g/mol. The molecule has 1 heterocycles. The molecule has 15 heteroatoms. The number of hydrogen-bond donors (Lipinski definition) is 3. The van der Waals surface area contributed by atoms with Gasteiger partial charge in [0.2, 0.25) is 0 Å². The Hall–Kier alpha value is -3.72. The van der Waals surface area contributed by atoms with Gasteiger partial charge in [-0.25, -0.2) is 18.6 Å². The van der Waals surface area contributed by atoms with Crippen LogP contribution in [0.5, 0.6) is 11.5 Å². The zero-order chi connectivity index (χ0) is 28.7. The number of nitrogens with one attached hydrogen (secondary N) is 1. The number of thiazole rings is 1. The number of aromatic hydroxyl groups is 1. The van der Waals surface area contributed by atoms with E-state index in [1.54, 1.807) is 0 Å². The van der Waals surface area contributed by atoms with Gasteiger partial charge in [0.05, 0.1) is 29.8 Å². The molecule has 1 unspecified atom stereocenters. The Morgan fingerprint density at radius 1 is 1.21 bits per heavy atom. The number of phenolic OH excluding ortho intramolecular Hbond substituents is 1. The molecule has 0 radical (unpaired) electrons. The van der Waals surface area contributed by atoms with E-state index in [9.17, 15) is 35.9 Å². The van der Waals surface area contributed by atoms with Crippen molar-refractivity contribution in [3.8, 4) is 22.1 Å². The summed E-state index contributed by atoms with van der Waals surface area (Å²) < 4.78 is 101. The van der Waals surface area contributed by atoms with Crippen LogP contribution in [0.25, 0.3) is 16.1 Å². The van der Waals surface area contributed by atoms with Crippen molar-refractivity contribution in [2.45, 2.75) is 30.5 Å². The lowest BCUT2D eigenvalue weighted by Gasteiger charge is -2.24. The largest absolute Gasteiger partial charge is 0.504 e. The number of carbonyl (C=O) groups is 1. The van der Waals surface area contributed by atoms with Crippen molar-refractivity contribution < 1.29 is 50.1 Å². The monoisotopic (exact) mass is 590 g/mol. The summed E-state index contributed by atoms with van der Waals surface area (Å²) in [4.78, 5) is 15.0. The lowest BCUT2D eigenvalue weighted by atomic mass is 9.85. The number of sulfonamides is 1. The van der Waals surface area contributed by atoms with Crippen LogP contribution in [0.4, 0.5) is 27.6 Å². The normalized spacial score (nSPS) is 16.1. The summed E-state index contributed by atoms with van der Waals surface area (Å²) in [6.07, 6.45) is -3.55. The highest BCUT2D eigenvalue weighted by Gasteiger charge is 2.40. The third-order valence-corrected chi connectivity index (χ3v) is 8.36. The lowest BCUT2D eigenvalue weighted by molar-refractivity contribution is -0.175. The van der Waals surface area contributed by atoms with Gasteiger partial charge in [-0.2, -0.15) is 21.6 Å². The predicted octanol–water partition coefficient (Wildman–Crippen LogP) is 6.05. The Balaban J connectivity index is 1.60. The van der Waals surface area contributed by atoms with Gasteiger partial charge in [0.15, 0.2) is 16.6 Å². The van der Waals surface area contributed by atoms with Crippen molar-refractivity contribution in [1.82, 2.24) is 4.98 Å². The SMILES string of the molecule is COc1cc(C(=O)O)c(F)cc1NS(=O)(=O)c1csc(-c2ccc(C3=CCC(C(F)(F)F)CC3)c(O)c2F)n1. The Labute approximate surface area is 222 Å². The molecule has 0 aliphatic heterocycles. The summed E-state index contributed by atoms with van der Waals surface area (Å²) in [5.74, 6) is -6.54. The second-order valence-corrected chi connectivity index (χ2v) is 11.0. The third kappa shape index (κ3) is 5.68. The molecule has 8 nitrogen and oxygen atoms in total. The van der Waals surface area contributed by atoms with E-state index in [0.29, 0.717) is 11.6 Å². The van der Waals surface area contributed by atoms with Gasteiger partial charge in [0.1, 0.15) is 16.6 Å². The molecule has 0 fully saturated rings. The number of carboxylic acid groups (broad SMARTS) is 1. The van der Waals surface area contributed by atoms with Crippen LogP contribution in [-0.2, 0) is 10.0 Å². The van der Waals surface area contributed by atoms with Crippen molar-refractivity contribution in [1.29, 1.82) is 0 Å². The molecule has 3 N–H and O–H groups in total. The van der Waals surface area contributed by atoms with Crippen molar-refractivity contribution >= 4 is 38.6 Å². The number of ether oxygens (including phenoxy) is 1. The molecule has 3 aromatic rings. The molecule has 208 valence electrons. The molecule has 0 saturated heterocycles. The Morgan fingerprint density at radius 3 is 2.49 bits per heavy atom. The highest BCUT2D eigenvalue weighted by molar-refractivity contribution is 7.92. The molecule has 1 atom stereocenters. The van der Waals surface area contributed by atoms with Crippen molar-refractivity contribution in [2.75, 3.05) is 11.8 Å². The smallest absolute Gasteiger partial charge is 0.392 e. The van der Waals surface area contributed by atoms with Crippen LogP contribution in [0.3, 0.4) is 0 Å². The molecule has 0 bridgehead atoms. The molecule has 0 spiro atoms. The number of hydrogen-bond acceptors (Lipinski definition) is 7. The quantitative estimate of drug-likeness (QED) is 0.286. The van der Waals surface area contributed by atoms with Gasteiger partial charge in [0.25, 0.3) is 10.0 Å². The molecule has 0 saturated carbocycles. The fraction of sp³-hybridized carbons (Fsp3) is 0.250. The summed E-state index contributed by atoms with van der Waals surface area (Å²) in [6, 6.07) is 3.97. The van der Waals surface area contributed by atoms with Gasteiger partial charge < -0.3 is 14.9 Å². The number of halogens is 5. The van der Waals surface area contributed by atoms with E-state index < -0.39 is 61.7 Å². The molecule has 1 aliphatic rings. The minimum atomic E-state index is -4.48. The van der Waals surface area contributed by atoms with Gasteiger partial charge >= 0.3 is 12.1 Å². The summed E-state index contributed by atoms with van der Waals surface area (Å²) >= 11 is 0.723. The number of rotatable bonds is 7. The van der Waals surface area contributed by atoms with Gasteiger partial charge in [-0.15, -0.1) is 11.3 Å². The van der Waals surface area contributed by atoms with Gasteiger partial charge in [-0.3, -0.25) is 4.72 Å². The van der Waals surface area contributed by atoms with Crippen molar-refractivity contribution in [3.63, 3.8) is 0 Å². The molecule has 1 aromatic heterocycles. The van der Waals surface area contributed by atoms with E-state index in [0.717, 1.165) is 29.9 Å². The zero-order valence-corrected chi connectivity index (χ0v) is 21.5. The van der Waals surface area contributed by atoms with Crippen LogP contribution in [0.15, 0.2) is 40.7 Å². The van der Waals surface area contributed by atoms with Crippen LogP contribution in [0.2, 0.25) is 0 Å². The van der Waals surface area contributed by atoms with Crippen LogP contribution in [0, 0.1) is 17.6 Å². The number of aromatic nitrogens is 1. The summed E-state index contributed by atoms with van der Waals surface area (Å²) in [5, 5.41) is 19.8. The zero-order valence-electron chi connectivity index (χ0n) is 19.8. The van der Waals surface area contributed by atoms with E-state index in [1.807, 2.05) is 4.72 Å². The fourth-order valence-electron chi connectivity index (χ4n) is 4.03. The van der Waals surface area contributed by atoms with Crippen molar-refractivity contribution in [3.05, 3.63) is 58.5 Å². The van der Waals surface area contributed by atoms with Crippen LogP contribution in [-0.4, -0.2) is 42.9 Å². The maximum Gasteiger partial charge on any atom is 0.392 e. The first-order valence-corrected chi connectivity index (χ1v) is 13.5. The topological polar surface area (TPSA) is 126 Å².